The van der Waals surface area contributed by atoms with Gasteiger partial charge in [0.25, 0.3) is 11.6 Å². The van der Waals surface area contributed by atoms with E-state index >= 15 is 0 Å². The van der Waals surface area contributed by atoms with Gasteiger partial charge in [-0.1, -0.05) is 52.6 Å². The number of thiazole rings is 1. The van der Waals surface area contributed by atoms with E-state index in [2.05, 4.69) is 25.8 Å². The van der Waals surface area contributed by atoms with Crippen LogP contribution in [0.1, 0.15) is 15.9 Å². The maximum atomic E-state index is 12.5. The van der Waals surface area contributed by atoms with Gasteiger partial charge in [0.2, 0.25) is 11.0 Å². The van der Waals surface area contributed by atoms with Crippen molar-refractivity contribution in [2.24, 2.45) is 0 Å². The zero-order chi connectivity index (χ0) is 22.7. The molecule has 0 spiro atoms. The van der Waals surface area contributed by atoms with E-state index in [0.717, 1.165) is 21.6 Å². The van der Waals surface area contributed by atoms with Crippen LogP contribution in [0.3, 0.4) is 0 Å². The number of nitrogens with zero attached hydrogens (tertiary/aromatic N) is 4. The van der Waals surface area contributed by atoms with Crippen LogP contribution in [0.25, 0.3) is 10.2 Å². The van der Waals surface area contributed by atoms with Gasteiger partial charge in [0.1, 0.15) is 0 Å². The van der Waals surface area contributed by atoms with Crippen LogP contribution in [0.2, 0.25) is 0 Å². The van der Waals surface area contributed by atoms with E-state index in [0.29, 0.717) is 9.47 Å². The standard InChI is InChI=1S/C19H14N6O4S3/c1-10-11(5-4-7-13(10)25(28)29)16(27)22-18-23-24-19(32-18)30-9-15(26)21-17-20-12-6-2-3-8-14(12)31-17/h2-8H,9H2,1H3,(H,20,21,26)(H,22,23,27). The third-order valence-electron chi connectivity index (χ3n) is 4.24. The predicted molar refractivity (Wildman–Crippen MR) is 125 cm³/mol. The molecule has 0 unspecified atom stereocenters. The van der Waals surface area contributed by atoms with Crippen molar-refractivity contribution in [3.05, 3.63) is 63.7 Å². The number of nitrogens with one attached hydrogen (secondary N) is 2. The highest BCUT2D eigenvalue weighted by atomic mass is 32.2. The number of aromatic nitrogens is 3. The van der Waals surface area contributed by atoms with Crippen LogP contribution in [0, 0.1) is 17.0 Å². The second-order valence-corrected chi connectivity index (χ2v) is 9.59. The molecule has 13 heteroatoms. The van der Waals surface area contributed by atoms with Crippen molar-refractivity contribution >= 4 is 72.4 Å². The topological polar surface area (TPSA) is 140 Å². The Morgan fingerprint density at radius 3 is 2.66 bits per heavy atom. The summed E-state index contributed by atoms with van der Waals surface area (Å²) in [6, 6.07) is 11.9. The lowest BCUT2D eigenvalue weighted by Gasteiger charge is -2.05. The SMILES string of the molecule is Cc1c(C(=O)Nc2nnc(SCC(=O)Nc3nc4ccccc4s3)s2)cccc1[N+](=O)[O-]. The van der Waals surface area contributed by atoms with Crippen LogP contribution in [0.5, 0.6) is 0 Å². The highest BCUT2D eigenvalue weighted by Gasteiger charge is 2.19. The number of benzene rings is 2. The van der Waals surface area contributed by atoms with Gasteiger partial charge >= 0.3 is 0 Å². The molecule has 0 fully saturated rings. The summed E-state index contributed by atoms with van der Waals surface area (Å²) in [6.07, 6.45) is 0. The van der Waals surface area contributed by atoms with Crippen LogP contribution < -0.4 is 10.6 Å². The fourth-order valence-electron chi connectivity index (χ4n) is 2.76. The molecule has 0 aliphatic rings. The van der Waals surface area contributed by atoms with Gasteiger partial charge in [0.05, 0.1) is 20.9 Å². The van der Waals surface area contributed by atoms with Crippen LogP contribution in [0.4, 0.5) is 16.0 Å². The lowest BCUT2D eigenvalue weighted by molar-refractivity contribution is -0.385. The Kier molecular flexibility index (Phi) is 6.39. The number of nitro benzene ring substituents is 1. The van der Waals surface area contributed by atoms with Crippen LogP contribution in [-0.4, -0.2) is 37.7 Å². The van der Waals surface area contributed by atoms with Crippen molar-refractivity contribution in [2.75, 3.05) is 16.4 Å². The molecule has 0 aliphatic carbocycles. The molecule has 10 nitrogen and oxygen atoms in total. The van der Waals surface area contributed by atoms with E-state index in [9.17, 15) is 19.7 Å². The number of anilines is 2. The molecule has 0 atom stereocenters. The molecule has 2 aromatic carbocycles. The summed E-state index contributed by atoms with van der Waals surface area (Å²) in [4.78, 5) is 39.6. The molecule has 0 radical (unpaired) electrons. The minimum Gasteiger partial charge on any atom is -0.301 e. The number of thioether (sulfide) groups is 1. The van der Waals surface area contributed by atoms with Crippen LogP contribution >= 0.6 is 34.4 Å². The van der Waals surface area contributed by atoms with Gasteiger partial charge in [-0.05, 0) is 25.1 Å². The van der Waals surface area contributed by atoms with Gasteiger partial charge in [0.15, 0.2) is 9.47 Å². The Labute approximate surface area is 193 Å². The van der Waals surface area contributed by atoms with Gasteiger partial charge in [-0.25, -0.2) is 4.98 Å². The first kappa shape index (κ1) is 21.8. The molecule has 2 aromatic heterocycles. The van der Waals surface area contributed by atoms with Gasteiger partial charge < -0.3 is 5.32 Å². The van der Waals surface area contributed by atoms with E-state index in [1.165, 1.54) is 48.2 Å². The Morgan fingerprint density at radius 1 is 1.06 bits per heavy atom. The molecule has 0 saturated carbocycles. The molecule has 0 bridgehead atoms. The first-order chi connectivity index (χ1) is 15.4. The third-order valence-corrected chi connectivity index (χ3v) is 7.16. The number of amides is 2. The average Bonchev–Trinajstić information content (AvgIpc) is 3.38. The van der Waals surface area contributed by atoms with Gasteiger partial charge in [-0.2, -0.15) is 0 Å². The molecule has 0 saturated heterocycles. The third kappa shape index (κ3) is 4.90. The number of carbonyl (C=O) groups excluding carboxylic acids is 2. The molecule has 4 aromatic rings. The summed E-state index contributed by atoms with van der Waals surface area (Å²) in [5.41, 5.74) is 1.13. The number of nitro groups is 1. The maximum absolute atomic E-state index is 12.5. The molecule has 4 rings (SSSR count). The smallest absolute Gasteiger partial charge is 0.273 e. The Balaban J connectivity index is 1.34. The normalized spacial score (nSPS) is 10.8. The van der Waals surface area contributed by atoms with Crippen molar-refractivity contribution in [1.82, 2.24) is 15.2 Å². The van der Waals surface area contributed by atoms with E-state index in [-0.39, 0.29) is 33.6 Å². The van der Waals surface area contributed by atoms with Crippen LogP contribution in [0.15, 0.2) is 46.8 Å². The highest BCUT2D eigenvalue weighted by Crippen LogP contribution is 2.28. The monoisotopic (exact) mass is 486 g/mol. The number of para-hydroxylation sites is 1. The second kappa shape index (κ2) is 9.38. The fraction of sp³-hybridized carbons (Fsp3) is 0.105. The average molecular weight is 487 g/mol. The van der Waals surface area contributed by atoms with Crippen LogP contribution in [-0.2, 0) is 4.79 Å². The minimum absolute atomic E-state index is 0.0997. The number of hydrogen-bond acceptors (Lipinski definition) is 10. The first-order valence-electron chi connectivity index (χ1n) is 9.08. The Bertz CT molecular complexity index is 1300. The van der Waals surface area contributed by atoms with Crippen molar-refractivity contribution in [2.45, 2.75) is 11.3 Å². The van der Waals surface area contributed by atoms with E-state index in [1.807, 2.05) is 24.3 Å². The van der Waals surface area contributed by atoms with Crippen molar-refractivity contribution in [3.63, 3.8) is 0 Å². The lowest BCUT2D eigenvalue weighted by atomic mass is 10.1. The molecular formula is C19H14N6O4S3. The molecule has 162 valence electrons. The first-order valence-corrected chi connectivity index (χ1v) is 11.7. The number of fused-ring (bicyclic) bond motifs is 1. The number of carbonyl (C=O) groups is 2. The molecule has 0 aliphatic heterocycles. The summed E-state index contributed by atoms with van der Waals surface area (Å²) < 4.78 is 1.48. The minimum atomic E-state index is -0.537. The van der Waals surface area contributed by atoms with E-state index in [4.69, 9.17) is 0 Å². The van der Waals surface area contributed by atoms with Crippen molar-refractivity contribution in [3.8, 4) is 0 Å². The van der Waals surface area contributed by atoms with E-state index < -0.39 is 10.8 Å². The van der Waals surface area contributed by atoms with Crippen molar-refractivity contribution < 1.29 is 14.5 Å². The molecule has 2 heterocycles. The summed E-state index contributed by atoms with van der Waals surface area (Å²) in [6.45, 7) is 1.51. The quantitative estimate of drug-likeness (QED) is 0.170. The predicted octanol–water partition coefficient (Wildman–Crippen LogP) is 4.35. The molecule has 32 heavy (non-hydrogen) atoms. The Hall–Kier alpha value is -3.42. The Morgan fingerprint density at radius 2 is 1.88 bits per heavy atom. The van der Waals surface area contributed by atoms with E-state index in [1.54, 1.807) is 0 Å². The lowest BCUT2D eigenvalue weighted by Crippen LogP contribution is -2.14. The zero-order valence-corrected chi connectivity index (χ0v) is 18.8. The van der Waals surface area contributed by atoms with Gasteiger partial charge in [-0.15, -0.1) is 10.2 Å². The maximum Gasteiger partial charge on any atom is 0.273 e. The zero-order valence-electron chi connectivity index (χ0n) is 16.4. The summed E-state index contributed by atoms with van der Waals surface area (Å²) in [5.74, 6) is -0.655. The molecule has 2 amide bonds. The largest absolute Gasteiger partial charge is 0.301 e. The van der Waals surface area contributed by atoms with Crippen molar-refractivity contribution in [1.29, 1.82) is 0 Å². The molecular weight excluding hydrogens is 472 g/mol. The summed E-state index contributed by atoms with van der Waals surface area (Å²) in [5, 5.41) is 25.0. The highest BCUT2D eigenvalue weighted by molar-refractivity contribution is 8.01. The number of hydrogen-bond donors (Lipinski definition) is 2. The summed E-state index contributed by atoms with van der Waals surface area (Å²) in [7, 11) is 0. The van der Waals surface area contributed by atoms with Gasteiger partial charge in [-0.3, -0.25) is 25.0 Å². The molecule has 2 N–H and O–H groups in total. The second-order valence-electron chi connectivity index (χ2n) is 6.36. The summed E-state index contributed by atoms with van der Waals surface area (Å²) >= 11 is 3.68. The van der Waals surface area contributed by atoms with Gasteiger partial charge in [0, 0.05) is 17.2 Å². The fourth-order valence-corrected chi connectivity index (χ4v) is 5.19. The number of rotatable bonds is 7.